The van der Waals surface area contributed by atoms with Gasteiger partial charge in [0, 0.05) is 24.5 Å². The topological polar surface area (TPSA) is 88.5 Å². The molecule has 6 nitrogen and oxygen atoms in total. The zero-order valence-corrected chi connectivity index (χ0v) is 17.4. The van der Waals surface area contributed by atoms with Crippen molar-refractivity contribution in [2.24, 2.45) is 0 Å². The van der Waals surface area contributed by atoms with E-state index in [1.807, 2.05) is 12.1 Å². The first-order chi connectivity index (χ1) is 16.0. The van der Waals surface area contributed by atoms with E-state index in [4.69, 9.17) is 9.84 Å². The Kier molecular flexibility index (Phi) is 6.40. The first kappa shape index (κ1) is 21.7. The maximum Gasteiger partial charge on any atom is 0.335 e. The van der Waals surface area contributed by atoms with E-state index in [0.29, 0.717) is 17.1 Å². The molecule has 1 amide bonds. The van der Waals surface area contributed by atoms with Gasteiger partial charge in [-0.3, -0.25) is 9.78 Å². The SMILES string of the molecule is O=C(O)c1ccc(CNC(=O)c2cc(-c3cccnc3)ccc2Oc2ccc(F)cc2)cc1. The van der Waals surface area contributed by atoms with E-state index < -0.39 is 5.97 Å². The van der Waals surface area contributed by atoms with Crippen molar-refractivity contribution < 1.29 is 23.8 Å². The van der Waals surface area contributed by atoms with Crippen molar-refractivity contribution in [3.8, 4) is 22.6 Å². The summed E-state index contributed by atoms with van der Waals surface area (Å²) >= 11 is 0. The minimum Gasteiger partial charge on any atom is -0.478 e. The fourth-order valence-electron chi connectivity index (χ4n) is 3.18. The lowest BCUT2D eigenvalue weighted by Gasteiger charge is -2.14. The number of aromatic nitrogens is 1. The average Bonchev–Trinajstić information content (AvgIpc) is 2.85. The molecule has 33 heavy (non-hydrogen) atoms. The number of carboxylic acid groups (broad SMARTS) is 1. The molecule has 0 aliphatic carbocycles. The summed E-state index contributed by atoms with van der Waals surface area (Å²) in [6.07, 6.45) is 3.36. The monoisotopic (exact) mass is 442 g/mol. The second kappa shape index (κ2) is 9.74. The van der Waals surface area contributed by atoms with Crippen LogP contribution in [0.4, 0.5) is 4.39 Å². The van der Waals surface area contributed by atoms with Gasteiger partial charge >= 0.3 is 5.97 Å². The van der Waals surface area contributed by atoms with Gasteiger partial charge in [-0.15, -0.1) is 0 Å². The van der Waals surface area contributed by atoms with E-state index in [1.54, 1.807) is 42.7 Å². The number of carboxylic acids is 1. The summed E-state index contributed by atoms with van der Waals surface area (Å²) in [6, 6.07) is 20.7. The molecule has 0 atom stereocenters. The van der Waals surface area contributed by atoms with Crippen LogP contribution in [-0.2, 0) is 6.54 Å². The number of rotatable bonds is 7. The molecule has 0 saturated heterocycles. The van der Waals surface area contributed by atoms with Crippen LogP contribution in [0.1, 0.15) is 26.3 Å². The van der Waals surface area contributed by atoms with Gasteiger partial charge in [0.05, 0.1) is 11.1 Å². The molecule has 0 bridgehead atoms. The van der Waals surface area contributed by atoms with Gasteiger partial charge in [0.15, 0.2) is 0 Å². The van der Waals surface area contributed by atoms with E-state index in [-0.39, 0.29) is 23.8 Å². The number of carbonyl (C=O) groups excluding carboxylic acids is 1. The first-order valence-corrected chi connectivity index (χ1v) is 10.1. The second-order valence-electron chi connectivity index (χ2n) is 7.19. The number of aromatic carboxylic acids is 1. The Morgan fingerprint density at radius 1 is 0.939 bits per heavy atom. The van der Waals surface area contributed by atoms with Crippen molar-refractivity contribution >= 4 is 11.9 Å². The van der Waals surface area contributed by atoms with Crippen LogP contribution >= 0.6 is 0 Å². The van der Waals surface area contributed by atoms with Crippen LogP contribution in [0.2, 0.25) is 0 Å². The van der Waals surface area contributed by atoms with Crippen molar-refractivity contribution in [1.82, 2.24) is 10.3 Å². The summed E-state index contributed by atoms with van der Waals surface area (Å²) in [5.41, 5.74) is 2.83. The third-order valence-electron chi connectivity index (χ3n) is 4.91. The Hall–Kier alpha value is -4.52. The van der Waals surface area contributed by atoms with Gasteiger partial charge in [0.2, 0.25) is 0 Å². The second-order valence-corrected chi connectivity index (χ2v) is 7.19. The molecule has 0 aliphatic rings. The highest BCUT2D eigenvalue weighted by Gasteiger charge is 2.16. The number of nitrogens with one attached hydrogen (secondary N) is 1. The molecule has 0 saturated carbocycles. The zero-order chi connectivity index (χ0) is 23.2. The van der Waals surface area contributed by atoms with Gasteiger partial charge in [-0.05, 0) is 65.7 Å². The van der Waals surface area contributed by atoms with E-state index in [2.05, 4.69) is 10.3 Å². The van der Waals surface area contributed by atoms with Crippen LogP contribution in [0.15, 0.2) is 91.3 Å². The standard InChI is InChI=1S/C26H19FN2O4/c27-21-8-10-22(11-9-21)33-24-12-7-19(20-2-1-13-28-16-20)14-23(24)25(30)29-15-17-3-5-18(6-4-17)26(31)32/h1-14,16H,15H2,(H,29,30)(H,31,32). The number of halogens is 1. The van der Waals surface area contributed by atoms with Gasteiger partial charge in [0.25, 0.3) is 5.91 Å². The fraction of sp³-hybridized carbons (Fsp3) is 0.0385. The third kappa shape index (κ3) is 5.40. The van der Waals surface area contributed by atoms with Crippen molar-refractivity contribution in [2.75, 3.05) is 0 Å². The Morgan fingerprint density at radius 3 is 2.36 bits per heavy atom. The molecule has 3 aromatic carbocycles. The predicted octanol–water partition coefficient (Wildman–Crippen LogP) is 5.31. The fourth-order valence-corrected chi connectivity index (χ4v) is 3.18. The molecule has 164 valence electrons. The molecule has 4 rings (SSSR count). The number of hydrogen-bond acceptors (Lipinski definition) is 4. The number of pyridine rings is 1. The molecule has 2 N–H and O–H groups in total. The highest BCUT2D eigenvalue weighted by molar-refractivity contribution is 5.98. The Morgan fingerprint density at radius 2 is 1.70 bits per heavy atom. The number of carbonyl (C=O) groups is 2. The Bertz CT molecular complexity index is 1270. The summed E-state index contributed by atoms with van der Waals surface area (Å²) < 4.78 is 19.1. The van der Waals surface area contributed by atoms with Gasteiger partial charge in [-0.2, -0.15) is 0 Å². The lowest BCUT2D eigenvalue weighted by Crippen LogP contribution is -2.23. The molecule has 1 heterocycles. The minimum absolute atomic E-state index is 0.171. The van der Waals surface area contributed by atoms with Crippen molar-refractivity contribution in [2.45, 2.75) is 6.54 Å². The third-order valence-corrected chi connectivity index (χ3v) is 4.91. The van der Waals surface area contributed by atoms with E-state index >= 15 is 0 Å². The summed E-state index contributed by atoms with van der Waals surface area (Å²) in [5.74, 6) is -1.07. The van der Waals surface area contributed by atoms with Gasteiger partial charge in [0.1, 0.15) is 17.3 Å². The van der Waals surface area contributed by atoms with Crippen LogP contribution in [0.3, 0.4) is 0 Å². The van der Waals surface area contributed by atoms with E-state index in [9.17, 15) is 14.0 Å². The molecule has 0 fully saturated rings. The molecule has 0 unspecified atom stereocenters. The van der Waals surface area contributed by atoms with Gasteiger partial charge in [-0.25, -0.2) is 9.18 Å². The number of ether oxygens (including phenoxy) is 1. The number of hydrogen-bond donors (Lipinski definition) is 2. The van der Waals surface area contributed by atoms with E-state index in [0.717, 1.165) is 16.7 Å². The minimum atomic E-state index is -1.01. The first-order valence-electron chi connectivity index (χ1n) is 10.1. The van der Waals surface area contributed by atoms with Crippen LogP contribution in [0.5, 0.6) is 11.5 Å². The van der Waals surface area contributed by atoms with Crippen molar-refractivity contribution in [1.29, 1.82) is 0 Å². The molecule has 1 aromatic heterocycles. The quantitative estimate of drug-likeness (QED) is 0.405. The molecule has 0 aliphatic heterocycles. The highest BCUT2D eigenvalue weighted by atomic mass is 19.1. The van der Waals surface area contributed by atoms with Crippen LogP contribution < -0.4 is 10.1 Å². The number of amides is 1. The maximum atomic E-state index is 13.2. The molecule has 4 aromatic rings. The molecular weight excluding hydrogens is 423 g/mol. The Labute approximate surface area is 189 Å². The molecular formula is C26H19FN2O4. The Balaban J connectivity index is 1.60. The van der Waals surface area contributed by atoms with Crippen LogP contribution in [-0.4, -0.2) is 22.0 Å². The van der Waals surface area contributed by atoms with Gasteiger partial charge in [-0.1, -0.05) is 24.3 Å². The maximum absolute atomic E-state index is 13.2. The molecule has 0 radical (unpaired) electrons. The van der Waals surface area contributed by atoms with Crippen molar-refractivity contribution in [3.63, 3.8) is 0 Å². The van der Waals surface area contributed by atoms with Gasteiger partial charge < -0.3 is 15.2 Å². The molecule has 7 heteroatoms. The summed E-state index contributed by atoms with van der Waals surface area (Å²) in [5, 5.41) is 11.9. The van der Waals surface area contributed by atoms with E-state index in [1.165, 1.54) is 36.4 Å². The smallest absolute Gasteiger partial charge is 0.335 e. The number of nitrogens with zero attached hydrogens (tertiary/aromatic N) is 1. The number of benzene rings is 3. The molecule has 0 spiro atoms. The lowest BCUT2D eigenvalue weighted by atomic mass is 10.0. The lowest BCUT2D eigenvalue weighted by molar-refractivity contribution is 0.0696. The van der Waals surface area contributed by atoms with Crippen LogP contribution in [0.25, 0.3) is 11.1 Å². The highest BCUT2D eigenvalue weighted by Crippen LogP contribution is 2.30. The van der Waals surface area contributed by atoms with Crippen LogP contribution in [0, 0.1) is 5.82 Å². The van der Waals surface area contributed by atoms with Crippen molar-refractivity contribution in [3.05, 3.63) is 114 Å². The largest absolute Gasteiger partial charge is 0.478 e. The normalized spacial score (nSPS) is 10.5. The summed E-state index contributed by atoms with van der Waals surface area (Å²) in [7, 11) is 0. The summed E-state index contributed by atoms with van der Waals surface area (Å²) in [6.45, 7) is 0.200. The zero-order valence-electron chi connectivity index (χ0n) is 17.4. The average molecular weight is 442 g/mol. The summed E-state index contributed by atoms with van der Waals surface area (Å²) in [4.78, 5) is 28.2. The predicted molar refractivity (Wildman–Crippen MR) is 121 cm³/mol.